The first-order chi connectivity index (χ1) is 7.27. The first kappa shape index (κ1) is 11.5. The normalized spacial score (nSPS) is 41.2. The van der Waals surface area contributed by atoms with Crippen LogP contribution in [0.25, 0.3) is 0 Å². The van der Waals surface area contributed by atoms with Crippen molar-refractivity contribution < 1.29 is 0 Å². The highest BCUT2D eigenvalue weighted by Crippen LogP contribution is 2.54. The zero-order chi connectivity index (χ0) is 10.7. The molecule has 0 aromatic carbocycles. The van der Waals surface area contributed by atoms with Crippen molar-refractivity contribution in [2.45, 2.75) is 78.1 Å². The van der Waals surface area contributed by atoms with Gasteiger partial charge in [0.05, 0.1) is 0 Å². The number of rotatable bonds is 3. The van der Waals surface area contributed by atoms with E-state index in [1.54, 1.807) is 32.1 Å². The van der Waals surface area contributed by atoms with E-state index in [4.69, 9.17) is 0 Å². The summed E-state index contributed by atoms with van der Waals surface area (Å²) in [5.41, 5.74) is 0.806. The summed E-state index contributed by atoms with van der Waals surface area (Å²) in [6.07, 6.45) is 15.2. The average Bonchev–Trinajstić information content (AvgIpc) is 2.53. The van der Waals surface area contributed by atoms with E-state index in [2.05, 4.69) is 13.8 Å². The fourth-order valence-corrected chi connectivity index (χ4v) is 4.30. The van der Waals surface area contributed by atoms with Crippen molar-refractivity contribution in [3.05, 3.63) is 0 Å². The minimum absolute atomic E-state index is 0.806. The highest BCUT2D eigenvalue weighted by molar-refractivity contribution is 4.94. The summed E-state index contributed by atoms with van der Waals surface area (Å²) >= 11 is 0. The molecule has 0 radical (unpaired) electrons. The van der Waals surface area contributed by atoms with Crippen LogP contribution in [0.3, 0.4) is 0 Å². The zero-order valence-corrected chi connectivity index (χ0v) is 10.7. The molecule has 2 fully saturated rings. The molecule has 88 valence electrons. The molecule has 0 nitrogen and oxygen atoms in total. The SMILES string of the molecule is CCCCC12CCCC(C)CC1CCC2. The molecular weight excluding hydrogens is 180 g/mol. The fourth-order valence-electron chi connectivity index (χ4n) is 4.30. The summed E-state index contributed by atoms with van der Waals surface area (Å²) in [6.45, 7) is 4.83. The van der Waals surface area contributed by atoms with Crippen molar-refractivity contribution in [2.75, 3.05) is 0 Å². The summed E-state index contributed by atoms with van der Waals surface area (Å²) in [4.78, 5) is 0. The molecule has 2 saturated carbocycles. The van der Waals surface area contributed by atoms with Gasteiger partial charge in [-0.3, -0.25) is 0 Å². The Labute approximate surface area is 95.8 Å². The molecule has 0 saturated heterocycles. The van der Waals surface area contributed by atoms with Gasteiger partial charge in [-0.25, -0.2) is 0 Å². The topological polar surface area (TPSA) is 0 Å². The summed E-state index contributed by atoms with van der Waals surface area (Å²) in [5.74, 6) is 2.11. The van der Waals surface area contributed by atoms with Crippen molar-refractivity contribution in [3.8, 4) is 0 Å². The molecule has 0 spiro atoms. The van der Waals surface area contributed by atoms with Gasteiger partial charge in [0, 0.05) is 0 Å². The van der Waals surface area contributed by atoms with Crippen LogP contribution in [0.1, 0.15) is 78.1 Å². The first-order valence-corrected chi connectivity index (χ1v) is 7.27. The molecule has 2 aliphatic carbocycles. The largest absolute Gasteiger partial charge is 0.0654 e. The van der Waals surface area contributed by atoms with Crippen LogP contribution in [0.15, 0.2) is 0 Å². The minimum Gasteiger partial charge on any atom is -0.0654 e. The van der Waals surface area contributed by atoms with E-state index in [-0.39, 0.29) is 0 Å². The average molecular weight is 208 g/mol. The van der Waals surface area contributed by atoms with Gasteiger partial charge >= 0.3 is 0 Å². The predicted octanol–water partition coefficient (Wildman–Crippen LogP) is 5.17. The summed E-state index contributed by atoms with van der Waals surface area (Å²) in [7, 11) is 0. The van der Waals surface area contributed by atoms with Gasteiger partial charge in [0.25, 0.3) is 0 Å². The van der Waals surface area contributed by atoms with Gasteiger partial charge in [0.2, 0.25) is 0 Å². The summed E-state index contributed by atoms with van der Waals surface area (Å²) in [5, 5.41) is 0. The highest BCUT2D eigenvalue weighted by Gasteiger charge is 2.43. The monoisotopic (exact) mass is 208 g/mol. The van der Waals surface area contributed by atoms with Gasteiger partial charge < -0.3 is 0 Å². The molecule has 3 unspecified atom stereocenters. The molecule has 0 bridgehead atoms. The summed E-state index contributed by atoms with van der Waals surface area (Å²) in [6, 6.07) is 0. The Kier molecular flexibility index (Phi) is 3.74. The minimum atomic E-state index is 0.806. The Morgan fingerprint density at radius 2 is 1.87 bits per heavy atom. The van der Waals surface area contributed by atoms with Gasteiger partial charge in [0.1, 0.15) is 0 Å². The lowest BCUT2D eigenvalue weighted by Gasteiger charge is -2.35. The second-order valence-corrected chi connectivity index (χ2v) is 6.29. The van der Waals surface area contributed by atoms with Crippen LogP contribution >= 0.6 is 0 Å². The molecule has 3 atom stereocenters. The fraction of sp³-hybridized carbons (Fsp3) is 1.00. The first-order valence-electron chi connectivity index (χ1n) is 7.27. The molecule has 0 N–H and O–H groups in total. The Morgan fingerprint density at radius 1 is 1.13 bits per heavy atom. The lowest BCUT2D eigenvalue weighted by atomic mass is 9.70. The molecule has 2 aliphatic rings. The summed E-state index contributed by atoms with van der Waals surface area (Å²) < 4.78 is 0. The third-order valence-electron chi connectivity index (χ3n) is 5.18. The van der Waals surface area contributed by atoms with Crippen molar-refractivity contribution in [1.82, 2.24) is 0 Å². The van der Waals surface area contributed by atoms with E-state index in [9.17, 15) is 0 Å². The molecule has 0 amide bonds. The Balaban J connectivity index is 2.04. The van der Waals surface area contributed by atoms with Crippen LogP contribution in [0, 0.1) is 17.3 Å². The van der Waals surface area contributed by atoms with E-state index < -0.39 is 0 Å². The van der Waals surface area contributed by atoms with Crippen LogP contribution in [-0.4, -0.2) is 0 Å². The quantitative estimate of drug-likeness (QED) is 0.600. The van der Waals surface area contributed by atoms with Gasteiger partial charge in [-0.2, -0.15) is 0 Å². The Bertz CT molecular complexity index is 192. The maximum atomic E-state index is 2.48. The van der Waals surface area contributed by atoms with E-state index >= 15 is 0 Å². The van der Waals surface area contributed by atoms with Crippen LogP contribution in [0.4, 0.5) is 0 Å². The van der Waals surface area contributed by atoms with E-state index in [0.717, 1.165) is 17.3 Å². The molecule has 0 heterocycles. The lowest BCUT2D eigenvalue weighted by molar-refractivity contribution is 0.156. The Morgan fingerprint density at radius 3 is 2.60 bits per heavy atom. The van der Waals surface area contributed by atoms with E-state index in [1.807, 2.05) is 0 Å². The van der Waals surface area contributed by atoms with Gasteiger partial charge in [-0.1, -0.05) is 46.0 Å². The zero-order valence-electron chi connectivity index (χ0n) is 10.7. The second-order valence-electron chi connectivity index (χ2n) is 6.29. The van der Waals surface area contributed by atoms with Gasteiger partial charge in [-0.05, 0) is 49.4 Å². The van der Waals surface area contributed by atoms with Crippen LogP contribution in [-0.2, 0) is 0 Å². The Hall–Kier alpha value is 0. The molecule has 0 aromatic rings. The third kappa shape index (κ3) is 2.40. The number of unbranched alkanes of at least 4 members (excludes halogenated alkanes) is 1. The van der Waals surface area contributed by atoms with Crippen molar-refractivity contribution in [1.29, 1.82) is 0 Å². The van der Waals surface area contributed by atoms with Gasteiger partial charge in [-0.15, -0.1) is 0 Å². The third-order valence-corrected chi connectivity index (χ3v) is 5.18. The molecule has 0 aliphatic heterocycles. The van der Waals surface area contributed by atoms with Crippen molar-refractivity contribution in [3.63, 3.8) is 0 Å². The molecular formula is C15H28. The van der Waals surface area contributed by atoms with Crippen molar-refractivity contribution >= 4 is 0 Å². The van der Waals surface area contributed by atoms with Crippen LogP contribution < -0.4 is 0 Å². The van der Waals surface area contributed by atoms with Crippen LogP contribution in [0.5, 0.6) is 0 Å². The lowest BCUT2D eigenvalue weighted by Crippen LogP contribution is -2.25. The maximum absolute atomic E-state index is 2.48. The molecule has 2 rings (SSSR count). The maximum Gasteiger partial charge on any atom is -0.0269 e. The molecule has 0 aromatic heterocycles. The molecule has 15 heavy (non-hydrogen) atoms. The van der Waals surface area contributed by atoms with Crippen molar-refractivity contribution in [2.24, 2.45) is 17.3 Å². The van der Waals surface area contributed by atoms with Gasteiger partial charge in [0.15, 0.2) is 0 Å². The molecule has 0 heteroatoms. The smallest absolute Gasteiger partial charge is 0.0269 e. The number of hydrogen-bond donors (Lipinski definition) is 0. The number of fused-ring (bicyclic) bond motifs is 1. The van der Waals surface area contributed by atoms with E-state index in [0.29, 0.717) is 0 Å². The van der Waals surface area contributed by atoms with Crippen LogP contribution in [0.2, 0.25) is 0 Å². The van der Waals surface area contributed by atoms with E-state index in [1.165, 1.54) is 32.1 Å². The second kappa shape index (κ2) is 4.89. The predicted molar refractivity (Wildman–Crippen MR) is 66.9 cm³/mol. The highest BCUT2D eigenvalue weighted by atomic mass is 14.5. The standard InChI is InChI=1S/C15H28/c1-3-4-9-15-10-5-7-13(2)12-14(15)8-6-11-15/h13-14H,3-12H2,1-2H3. The number of hydrogen-bond acceptors (Lipinski definition) is 0.